The summed E-state index contributed by atoms with van der Waals surface area (Å²) in [5.74, 6) is 5.97. The van der Waals surface area contributed by atoms with Crippen LogP contribution in [-0.4, -0.2) is 73.9 Å². The van der Waals surface area contributed by atoms with Gasteiger partial charge in [0, 0.05) is 26.1 Å². The molecule has 1 aliphatic heterocycles. The van der Waals surface area contributed by atoms with E-state index in [9.17, 15) is 18.4 Å². The zero-order valence-corrected chi connectivity index (χ0v) is 20.2. The van der Waals surface area contributed by atoms with Crippen molar-refractivity contribution in [3.05, 3.63) is 59.4 Å². The van der Waals surface area contributed by atoms with Crippen molar-refractivity contribution in [1.29, 1.82) is 0 Å². The fraction of sp³-hybridized carbons (Fsp3) is 0.480. The first kappa shape index (κ1) is 26.0. The number of hydroxylamine groups is 2. The third-order valence-corrected chi connectivity index (χ3v) is 7.84. The Labute approximate surface area is 201 Å². The van der Waals surface area contributed by atoms with Crippen LogP contribution in [0.5, 0.6) is 0 Å². The number of ether oxygens (including phenoxy) is 2. The number of hydrogen-bond donors (Lipinski definition) is 1. The van der Waals surface area contributed by atoms with Crippen LogP contribution < -0.4 is 0 Å². The molecule has 0 bridgehead atoms. The Morgan fingerprint density at radius 3 is 2.62 bits per heavy atom. The number of carbonyl (C=O) groups excluding carboxylic acids is 1. The molecule has 1 fully saturated rings. The summed E-state index contributed by atoms with van der Waals surface area (Å²) in [5, 5.41) is 9.83. The highest BCUT2D eigenvalue weighted by Gasteiger charge is 2.31. The zero-order chi connectivity index (χ0) is 24.4. The Balaban J connectivity index is 1.64. The standard InChI is InChI=1S/C25H32N2O6S/c1-2-3-4-15-33-23-9-11-24(12-10-23)34(30,31)19-25(27(29)20-28)22-7-5-21(6-8-22)18-26-13-16-32-17-14-26/h5-11,20,24-25,29H,2,12-19H2,1H3. The highest BCUT2D eigenvalue weighted by atomic mass is 32.2. The maximum Gasteiger partial charge on any atom is 0.233 e. The van der Waals surface area contributed by atoms with Gasteiger partial charge in [0.25, 0.3) is 0 Å². The minimum Gasteiger partial charge on any atom is -0.481 e. The van der Waals surface area contributed by atoms with Gasteiger partial charge in [-0.15, -0.1) is 5.92 Å². The van der Waals surface area contributed by atoms with Crippen molar-refractivity contribution < 1.29 is 27.9 Å². The highest BCUT2D eigenvalue weighted by Crippen LogP contribution is 2.26. The molecule has 1 aromatic carbocycles. The SMILES string of the molecule is CCC#CCOC1=CCC(S(=O)(=O)CC(c2ccc(CN3CCOCC3)cc2)N(O)C=O)C=C1. The second kappa shape index (κ2) is 12.7. The molecule has 9 heteroatoms. The number of sulfone groups is 1. The number of allylic oxidation sites excluding steroid dienone is 2. The van der Waals surface area contributed by atoms with Crippen molar-refractivity contribution in [3.8, 4) is 11.8 Å². The lowest BCUT2D eigenvalue weighted by Crippen LogP contribution is -2.35. The number of amides is 1. The number of nitrogens with zero attached hydrogens (tertiary/aromatic N) is 2. The summed E-state index contributed by atoms with van der Waals surface area (Å²) >= 11 is 0. The van der Waals surface area contributed by atoms with Crippen LogP contribution in [0.2, 0.25) is 0 Å². The molecule has 0 spiro atoms. The van der Waals surface area contributed by atoms with Crippen molar-refractivity contribution in [2.45, 2.75) is 37.6 Å². The molecule has 1 N–H and O–H groups in total. The van der Waals surface area contributed by atoms with Gasteiger partial charge in [-0.05, 0) is 29.7 Å². The van der Waals surface area contributed by atoms with E-state index < -0.39 is 26.9 Å². The minimum atomic E-state index is -3.67. The van der Waals surface area contributed by atoms with Gasteiger partial charge in [-0.3, -0.25) is 14.9 Å². The average Bonchev–Trinajstić information content (AvgIpc) is 2.86. The molecule has 1 aromatic rings. The fourth-order valence-electron chi connectivity index (χ4n) is 3.85. The molecule has 1 aliphatic carbocycles. The van der Waals surface area contributed by atoms with Crippen molar-refractivity contribution >= 4 is 16.2 Å². The lowest BCUT2D eigenvalue weighted by molar-refractivity contribution is -0.158. The highest BCUT2D eigenvalue weighted by molar-refractivity contribution is 7.92. The molecular weight excluding hydrogens is 456 g/mol. The lowest BCUT2D eigenvalue weighted by atomic mass is 10.1. The molecule has 1 amide bonds. The maximum absolute atomic E-state index is 13.1. The third-order valence-electron chi connectivity index (χ3n) is 5.79. The third kappa shape index (κ3) is 7.43. The van der Waals surface area contributed by atoms with E-state index >= 15 is 0 Å². The molecule has 34 heavy (non-hydrogen) atoms. The largest absolute Gasteiger partial charge is 0.481 e. The van der Waals surface area contributed by atoms with Crippen LogP contribution >= 0.6 is 0 Å². The summed E-state index contributed by atoms with van der Waals surface area (Å²) in [6, 6.07) is 6.33. The Hall–Kier alpha value is -2.64. The first-order valence-electron chi connectivity index (χ1n) is 11.4. The van der Waals surface area contributed by atoms with Crippen LogP contribution in [0, 0.1) is 11.8 Å². The molecule has 1 saturated heterocycles. The van der Waals surface area contributed by atoms with E-state index in [0.29, 0.717) is 29.6 Å². The summed E-state index contributed by atoms with van der Waals surface area (Å²) in [5.41, 5.74) is 1.62. The van der Waals surface area contributed by atoms with Crippen LogP contribution in [0.15, 0.2) is 48.3 Å². The van der Waals surface area contributed by atoms with Crippen LogP contribution in [0.3, 0.4) is 0 Å². The van der Waals surface area contributed by atoms with Crippen molar-refractivity contribution in [2.24, 2.45) is 0 Å². The number of hydrogen-bond acceptors (Lipinski definition) is 7. The van der Waals surface area contributed by atoms with Gasteiger partial charge in [0.2, 0.25) is 6.41 Å². The van der Waals surface area contributed by atoms with Gasteiger partial charge in [0.15, 0.2) is 9.84 Å². The molecule has 0 saturated carbocycles. The molecule has 1 heterocycles. The Morgan fingerprint density at radius 2 is 2.00 bits per heavy atom. The Kier molecular flexibility index (Phi) is 9.72. The van der Waals surface area contributed by atoms with Crippen molar-refractivity contribution in [3.63, 3.8) is 0 Å². The van der Waals surface area contributed by atoms with Crippen LogP contribution in [0.1, 0.15) is 36.9 Å². The van der Waals surface area contributed by atoms with E-state index in [4.69, 9.17) is 9.47 Å². The molecule has 184 valence electrons. The van der Waals surface area contributed by atoms with E-state index in [0.717, 1.165) is 31.6 Å². The van der Waals surface area contributed by atoms with Gasteiger partial charge in [-0.25, -0.2) is 13.5 Å². The molecular formula is C25H32N2O6S. The Morgan fingerprint density at radius 1 is 1.26 bits per heavy atom. The zero-order valence-electron chi connectivity index (χ0n) is 19.4. The summed E-state index contributed by atoms with van der Waals surface area (Å²) in [6.45, 7) is 6.11. The van der Waals surface area contributed by atoms with Gasteiger partial charge in [0.05, 0.1) is 30.3 Å². The first-order chi connectivity index (χ1) is 16.4. The van der Waals surface area contributed by atoms with Crippen LogP contribution in [0.4, 0.5) is 0 Å². The molecule has 0 radical (unpaired) electrons. The van der Waals surface area contributed by atoms with E-state index in [-0.39, 0.29) is 19.4 Å². The number of morpholine rings is 1. The average molecular weight is 489 g/mol. The second-order valence-electron chi connectivity index (χ2n) is 8.20. The molecule has 2 aliphatic rings. The maximum atomic E-state index is 13.1. The fourth-order valence-corrected chi connectivity index (χ4v) is 5.59. The van der Waals surface area contributed by atoms with Crippen molar-refractivity contribution in [1.82, 2.24) is 9.96 Å². The summed E-state index contributed by atoms with van der Waals surface area (Å²) < 4.78 is 37.1. The smallest absolute Gasteiger partial charge is 0.233 e. The summed E-state index contributed by atoms with van der Waals surface area (Å²) in [6.07, 6.45) is 6.18. The predicted octanol–water partition coefficient (Wildman–Crippen LogP) is 2.46. The molecule has 3 rings (SSSR count). The van der Waals surface area contributed by atoms with E-state index in [1.54, 1.807) is 30.4 Å². The predicted molar refractivity (Wildman–Crippen MR) is 128 cm³/mol. The van der Waals surface area contributed by atoms with Gasteiger partial charge in [0.1, 0.15) is 12.4 Å². The summed E-state index contributed by atoms with van der Waals surface area (Å²) in [4.78, 5) is 13.6. The lowest BCUT2D eigenvalue weighted by Gasteiger charge is -2.27. The Bertz CT molecular complexity index is 1030. The first-order valence-corrected chi connectivity index (χ1v) is 13.1. The van der Waals surface area contributed by atoms with Gasteiger partial charge in [-0.2, -0.15) is 0 Å². The van der Waals surface area contributed by atoms with Crippen LogP contribution in [0.25, 0.3) is 0 Å². The second-order valence-corrected chi connectivity index (χ2v) is 10.5. The quantitative estimate of drug-likeness (QED) is 0.234. The topological polar surface area (TPSA) is 96.4 Å². The van der Waals surface area contributed by atoms with Gasteiger partial charge >= 0.3 is 0 Å². The van der Waals surface area contributed by atoms with Gasteiger partial charge < -0.3 is 9.47 Å². The summed E-state index contributed by atoms with van der Waals surface area (Å²) in [7, 11) is -3.67. The van der Waals surface area contributed by atoms with Crippen molar-refractivity contribution in [2.75, 3.05) is 38.7 Å². The molecule has 2 unspecified atom stereocenters. The van der Waals surface area contributed by atoms with E-state index in [1.165, 1.54) is 0 Å². The number of rotatable bonds is 10. The number of benzene rings is 1. The molecule has 8 nitrogen and oxygen atoms in total. The van der Waals surface area contributed by atoms with E-state index in [2.05, 4.69) is 16.7 Å². The minimum absolute atomic E-state index is 0.238. The van der Waals surface area contributed by atoms with Gasteiger partial charge in [-0.1, -0.05) is 43.2 Å². The molecule has 2 atom stereocenters. The van der Waals surface area contributed by atoms with Crippen LogP contribution in [-0.2, 0) is 30.7 Å². The number of carbonyl (C=O) groups is 1. The molecule has 0 aromatic heterocycles. The monoisotopic (exact) mass is 488 g/mol. The van der Waals surface area contributed by atoms with E-state index in [1.807, 2.05) is 19.1 Å². The normalized spacial score (nSPS) is 19.5.